The van der Waals surface area contributed by atoms with Gasteiger partial charge in [0.15, 0.2) is 6.61 Å². The van der Waals surface area contributed by atoms with Gasteiger partial charge in [0.1, 0.15) is 5.75 Å². The van der Waals surface area contributed by atoms with Crippen LogP contribution >= 0.6 is 11.6 Å². The highest BCUT2D eigenvalue weighted by Gasteiger charge is 2.24. The number of sulfonamides is 1. The van der Waals surface area contributed by atoms with E-state index in [9.17, 15) is 13.2 Å². The van der Waals surface area contributed by atoms with Gasteiger partial charge in [0.2, 0.25) is 10.0 Å². The van der Waals surface area contributed by atoms with Crippen molar-refractivity contribution in [3.05, 3.63) is 47.5 Å². The van der Waals surface area contributed by atoms with Gasteiger partial charge in [-0.1, -0.05) is 31.5 Å². The van der Waals surface area contributed by atoms with Crippen molar-refractivity contribution < 1.29 is 22.7 Å². The fourth-order valence-corrected chi connectivity index (χ4v) is 5.13. The summed E-state index contributed by atoms with van der Waals surface area (Å²) in [5.41, 5.74) is 1.16. The van der Waals surface area contributed by atoms with Gasteiger partial charge in [-0.25, -0.2) is 8.42 Å². The van der Waals surface area contributed by atoms with Gasteiger partial charge in [0.05, 0.1) is 29.5 Å². The lowest BCUT2D eigenvalue weighted by Crippen LogP contribution is -2.37. The van der Waals surface area contributed by atoms with Gasteiger partial charge in [-0.15, -0.1) is 0 Å². The summed E-state index contributed by atoms with van der Waals surface area (Å²) in [5, 5.41) is 3.32. The van der Waals surface area contributed by atoms with Crippen LogP contribution in [0.25, 0.3) is 0 Å². The summed E-state index contributed by atoms with van der Waals surface area (Å²) in [6.45, 7) is 6.47. The van der Waals surface area contributed by atoms with Gasteiger partial charge in [-0.05, 0) is 36.4 Å². The number of anilines is 2. The van der Waals surface area contributed by atoms with E-state index in [-0.39, 0.29) is 11.5 Å². The van der Waals surface area contributed by atoms with Crippen LogP contribution in [0.15, 0.2) is 47.4 Å². The van der Waals surface area contributed by atoms with Crippen molar-refractivity contribution in [2.24, 2.45) is 0 Å². The molecule has 0 radical (unpaired) electrons. The Morgan fingerprint density at radius 3 is 2.53 bits per heavy atom. The van der Waals surface area contributed by atoms with Crippen LogP contribution in [-0.2, 0) is 19.6 Å². The van der Waals surface area contributed by atoms with E-state index in [2.05, 4.69) is 10.2 Å². The number of ether oxygens (including phenoxy) is 2. The molecule has 1 heterocycles. The quantitative estimate of drug-likeness (QED) is 0.591. The van der Waals surface area contributed by atoms with Crippen molar-refractivity contribution in [3.63, 3.8) is 0 Å². The van der Waals surface area contributed by atoms with Crippen LogP contribution in [0.1, 0.15) is 13.8 Å². The number of hydrogen-bond acceptors (Lipinski definition) is 6. The lowest BCUT2D eigenvalue weighted by atomic mass is 10.2. The summed E-state index contributed by atoms with van der Waals surface area (Å²) >= 11 is 5.95. The Labute approximate surface area is 194 Å². The van der Waals surface area contributed by atoms with Crippen LogP contribution in [0.3, 0.4) is 0 Å². The molecule has 1 aliphatic rings. The van der Waals surface area contributed by atoms with Crippen molar-refractivity contribution in [2.75, 3.05) is 56.2 Å². The number of amides is 1. The third-order valence-corrected chi connectivity index (χ3v) is 7.38. The number of carbonyl (C=O) groups is 1. The van der Waals surface area contributed by atoms with E-state index in [0.29, 0.717) is 55.9 Å². The lowest BCUT2D eigenvalue weighted by Gasteiger charge is -2.31. The molecule has 174 valence electrons. The van der Waals surface area contributed by atoms with Gasteiger partial charge < -0.3 is 19.7 Å². The highest BCUT2D eigenvalue weighted by molar-refractivity contribution is 7.89. The molecule has 0 spiro atoms. The number of nitrogens with zero attached hydrogens (tertiary/aromatic N) is 2. The minimum Gasteiger partial charge on any atom is -0.484 e. The zero-order valence-corrected chi connectivity index (χ0v) is 19.8. The average molecular weight is 482 g/mol. The molecule has 0 aromatic heterocycles. The molecule has 1 aliphatic heterocycles. The number of halogens is 1. The number of rotatable bonds is 9. The Hall–Kier alpha value is -2.33. The molecule has 1 saturated heterocycles. The molecule has 1 fully saturated rings. The lowest BCUT2D eigenvalue weighted by molar-refractivity contribution is -0.118. The molecule has 2 aromatic carbocycles. The first kappa shape index (κ1) is 24.3. The Bertz CT molecular complexity index is 1040. The molecule has 0 saturated carbocycles. The van der Waals surface area contributed by atoms with Crippen molar-refractivity contribution >= 4 is 38.9 Å². The Kier molecular flexibility index (Phi) is 8.36. The third kappa shape index (κ3) is 5.92. The molecule has 10 heteroatoms. The summed E-state index contributed by atoms with van der Waals surface area (Å²) in [7, 11) is -3.67. The van der Waals surface area contributed by atoms with E-state index in [1.54, 1.807) is 50.2 Å². The van der Waals surface area contributed by atoms with Crippen molar-refractivity contribution in [1.29, 1.82) is 0 Å². The Balaban J connectivity index is 1.85. The smallest absolute Gasteiger partial charge is 0.262 e. The predicted octanol–water partition coefficient (Wildman–Crippen LogP) is 3.22. The molecule has 0 aliphatic carbocycles. The second-order valence-electron chi connectivity index (χ2n) is 7.16. The molecule has 32 heavy (non-hydrogen) atoms. The molecule has 0 atom stereocenters. The summed E-state index contributed by atoms with van der Waals surface area (Å²) < 4.78 is 38.3. The fourth-order valence-electron chi connectivity index (χ4n) is 3.46. The fraction of sp³-hybridized carbons (Fsp3) is 0.409. The first-order chi connectivity index (χ1) is 15.3. The molecule has 0 bridgehead atoms. The van der Waals surface area contributed by atoms with Crippen LogP contribution in [0, 0.1) is 0 Å². The van der Waals surface area contributed by atoms with E-state index in [1.165, 1.54) is 10.4 Å². The zero-order valence-electron chi connectivity index (χ0n) is 18.2. The minimum atomic E-state index is -3.67. The maximum Gasteiger partial charge on any atom is 0.262 e. The standard InChI is InChI=1S/C22H28ClN3O5S/c1-3-26(4-2)32(28,29)19-8-9-21(25-10-12-30-13-11-25)20(15-19)24-22(27)16-31-18-7-5-6-17(23)14-18/h5-9,14-15H,3-4,10-13,16H2,1-2H3,(H,24,27). The number of hydrogen-bond donors (Lipinski definition) is 1. The molecule has 3 rings (SSSR count). The van der Waals surface area contributed by atoms with Gasteiger partial charge in [0, 0.05) is 31.2 Å². The van der Waals surface area contributed by atoms with Crippen LogP contribution in [0.4, 0.5) is 11.4 Å². The monoisotopic (exact) mass is 481 g/mol. The maximum atomic E-state index is 13.0. The van der Waals surface area contributed by atoms with Gasteiger partial charge in [-0.2, -0.15) is 4.31 Å². The summed E-state index contributed by atoms with van der Waals surface area (Å²) in [6.07, 6.45) is 0. The number of benzene rings is 2. The van der Waals surface area contributed by atoms with Gasteiger partial charge >= 0.3 is 0 Å². The number of carbonyl (C=O) groups excluding carboxylic acids is 1. The highest BCUT2D eigenvalue weighted by Crippen LogP contribution is 2.31. The minimum absolute atomic E-state index is 0.129. The maximum absolute atomic E-state index is 13.0. The van der Waals surface area contributed by atoms with Crippen molar-refractivity contribution in [3.8, 4) is 5.75 Å². The second kappa shape index (κ2) is 11.0. The SMILES string of the molecule is CCN(CC)S(=O)(=O)c1ccc(N2CCOCC2)c(NC(=O)COc2cccc(Cl)c2)c1. The van der Waals surface area contributed by atoms with Crippen molar-refractivity contribution in [1.82, 2.24) is 4.31 Å². The topological polar surface area (TPSA) is 88.2 Å². The Morgan fingerprint density at radius 2 is 1.88 bits per heavy atom. The van der Waals surface area contributed by atoms with E-state index in [0.717, 1.165) is 5.69 Å². The molecule has 8 nitrogen and oxygen atoms in total. The van der Waals surface area contributed by atoms with Crippen LogP contribution in [-0.4, -0.2) is 64.6 Å². The molecular formula is C22H28ClN3O5S. The molecule has 1 amide bonds. The summed E-state index contributed by atoms with van der Waals surface area (Å²) in [6, 6.07) is 11.6. The first-order valence-electron chi connectivity index (χ1n) is 10.5. The summed E-state index contributed by atoms with van der Waals surface area (Å²) in [4.78, 5) is 14.8. The molecular weight excluding hydrogens is 454 g/mol. The number of morpholine rings is 1. The highest BCUT2D eigenvalue weighted by atomic mass is 35.5. The van der Waals surface area contributed by atoms with Crippen molar-refractivity contribution in [2.45, 2.75) is 18.7 Å². The molecule has 1 N–H and O–H groups in total. The van der Waals surface area contributed by atoms with E-state index < -0.39 is 15.9 Å². The van der Waals surface area contributed by atoms with Gasteiger partial charge in [-0.3, -0.25) is 4.79 Å². The molecule has 2 aromatic rings. The Morgan fingerprint density at radius 1 is 1.16 bits per heavy atom. The zero-order chi connectivity index (χ0) is 23.1. The second-order valence-corrected chi connectivity index (χ2v) is 9.54. The van der Waals surface area contributed by atoms with Crippen LogP contribution in [0.5, 0.6) is 5.75 Å². The third-order valence-electron chi connectivity index (χ3n) is 5.10. The van der Waals surface area contributed by atoms with E-state index >= 15 is 0 Å². The van der Waals surface area contributed by atoms with E-state index in [1.807, 2.05) is 0 Å². The first-order valence-corrected chi connectivity index (χ1v) is 12.3. The summed E-state index contributed by atoms with van der Waals surface area (Å²) in [5.74, 6) is 0.0655. The predicted molar refractivity (Wildman–Crippen MR) is 125 cm³/mol. The van der Waals surface area contributed by atoms with Gasteiger partial charge in [0.25, 0.3) is 5.91 Å². The van der Waals surface area contributed by atoms with Crippen LogP contribution in [0.2, 0.25) is 5.02 Å². The van der Waals surface area contributed by atoms with E-state index in [4.69, 9.17) is 21.1 Å². The number of nitrogens with one attached hydrogen (secondary N) is 1. The average Bonchev–Trinajstić information content (AvgIpc) is 2.79. The molecule has 0 unspecified atom stereocenters. The normalized spacial score (nSPS) is 14.4. The van der Waals surface area contributed by atoms with Crippen LogP contribution < -0.4 is 15.0 Å². The largest absolute Gasteiger partial charge is 0.484 e.